The number of aliphatic imine (C=N–C) groups is 1. The number of amides is 1. The molecule has 1 amide bonds. The fourth-order valence-electron chi connectivity index (χ4n) is 2.58. The first-order valence-corrected chi connectivity index (χ1v) is 9.88. The Hall–Kier alpha value is -3.39. The van der Waals surface area contributed by atoms with Crippen LogP contribution in [0.5, 0.6) is 11.5 Å². The minimum Gasteiger partial charge on any atom is -0.497 e. The molecule has 3 rings (SSSR count). The largest absolute Gasteiger partial charge is 0.497 e. The van der Waals surface area contributed by atoms with Crippen molar-refractivity contribution in [2.75, 3.05) is 19.5 Å². The van der Waals surface area contributed by atoms with Gasteiger partial charge in [0.1, 0.15) is 11.5 Å². The number of hydrogen-bond donors (Lipinski definition) is 2. The molecule has 0 aliphatic carbocycles. The Labute approximate surface area is 183 Å². The normalized spacial score (nSPS) is 11.0. The second kappa shape index (κ2) is 10.4. The molecule has 0 saturated heterocycles. The molecule has 1 heterocycles. The maximum atomic E-state index is 12.9. The van der Waals surface area contributed by atoms with Gasteiger partial charge in [0.2, 0.25) is 5.96 Å². The lowest BCUT2D eigenvalue weighted by Crippen LogP contribution is -2.36. The summed E-state index contributed by atoms with van der Waals surface area (Å²) in [5.41, 5.74) is 1.93. The summed E-state index contributed by atoms with van der Waals surface area (Å²) < 4.78 is 11.4. The summed E-state index contributed by atoms with van der Waals surface area (Å²) >= 11 is 3.44. The fraction of sp³-hybridized carbons (Fsp3) is 0.136. The van der Waals surface area contributed by atoms with E-state index in [1.807, 2.05) is 42.5 Å². The van der Waals surface area contributed by atoms with E-state index in [-0.39, 0.29) is 5.91 Å². The Morgan fingerprint density at radius 3 is 2.43 bits per heavy atom. The Bertz CT molecular complexity index is 1020. The number of methoxy groups -OCH3 is 2. The molecule has 154 valence electrons. The fourth-order valence-corrected chi connectivity index (χ4v) is 2.98. The highest BCUT2D eigenvalue weighted by atomic mass is 79.9. The number of rotatable bonds is 6. The molecule has 0 atom stereocenters. The van der Waals surface area contributed by atoms with Crippen LogP contribution in [-0.4, -0.2) is 31.1 Å². The number of hydrogen-bond acceptors (Lipinski definition) is 5. The van der Waals surface area contributed by atoms with Gasteiger partial charge in [-0.3, -0.25) is 15.1 Å². The Kier molecular flexibility index (Phi) is 7.40. The molecule has 0 spiro atoms. The van der Waals surface area contributed by atoms with Crippen LogP contribution < -0.4 is 20.1 Å². The highest BCUT2D eigenvalue weighted by Gasteiger charge is 2.13. The topological polar surface area (TPSA) is 84.8 Å². The summed E-state index contributed by atoms with van der Waals surface area (Å²) in [5, 5.41) is 5.97. The highest BCUT2D eigenvalue weighted by Crippen LogP contribution is 2.22. The van der Waals surface area contributed by atoms with Crippen molar-refractivity contribution < 1.29 is 14.3 Å². The van der Waals surface area contributed by atoms with Crippen LogP contribution in [0.4, 0.5) is 5.69 Å². The molecule has 0 aliphatic heterocycles. The molecule has 0 radical (unpaired) electrons. The molecule has 0 unspecified atom stereocenters. The first-order valence-electron chi connectivity index (χ1n) is 9.09. The summed E-state index contributed by atoms with van der Waals surface area (Å²) in [7, 11) is 3.07. The van der Waals surface area contributed by atoms with Crippen LogP contribution in [0.25, 0.3) is 0 Å². The molecule has 0 fully saturated rings. The molecule has 30 heavy (non-hydrogen) atoms. The third kappa shape index (κ3) is 6.05. The molecule has 2 aromatic carbocycles. The number of nitrogens with zero attached hydrogens (tertiary/aromatic N) is 2. The van der Waals surface area contributed by atoms with Gasteiger partial charge in [0.25, 0.3) is 5.91 Å². The molecule has 0 saturated carbocycles. The zero-order chi connectivity index (χ0) is 21.3. The van der Waals surface area contributed by atoms with Crippen molar-refractivity contribution in [2.24, 2.45) is 4.99 Å². The van der Waals surface area contributed by atoms with Gasteiger partial charge in [-0.15, -0.1) is 0 Å². The van der Waals surface area contributed by atoms with E-state index in [0.717, 1.165) is 15.9 Å². The Balaban J connectivity index is 1.85. The lowest BCUT2D eigenvalue weighted by atomic mass is 10.2. The molecule has 7 nitrogen and oxygen atoms in total. The van der Waals surface area contributed by atoms with E-state index in [2.05, 4.69) is 36.5 Å². The van der Waals surface area contributed by atoms with E-state index in [1.165, 1.54) is 14.2 Å². The molecule has 8 heteroatoms. The van der Waals surface area contributed by atoms with Crippen LogP contribution in [-0.2, 0) is 6.54 Å². The van der Waals surface area contributed by atoms with Gasteiger partial charge in [0, 0.05) is 28.0 Å². The molecular formula is C22H21BrN4O3. The maximum absolute atomic E-state index is 12.9. The van der Waals surface area contributed by atoms with Gasteiger partial charge in [0.05, 0.1) is 26.5 Å². The monoisotopic (exact) mass is 468 g/mol. The number of carbonyl (C=O) groups is 1. The van der Waals surface area contributed by atoms with E-state index in [9.17, 15) is 4.79 Å². The van der Waals surface area contributed by atoms with Gasteiger partial charge in [-0.1, -0.05) is 28.1 Å². The van der Waals surface area contributed by atoms with Crippen LogP contribution >= 0.6 is 15.9 Å². The smallest absolute Gasteiger partial charge is 0.258 e. The van der Waals surface area contributed by atoms with E-state index in [0.29, 0.717) is 29.6 Å². The Morgan fingerprint density at radius 1 is 1.03 bits per heavy atom. The Morgan fingerprint density at radius 2 is 1.80 bits per heavy atom. The standard InChI is InChI=1S/C22H21BrN4O3/c1-29-19-10-15(11-20(13-19)30-2)21(28)27-22(25-14-18-7-3-4-9-24-18)26-17-8-5-6-16(23)12-17/h3-13H,14H2,1-2H3,(H2,25,26,27,28). The number of anilines is 1. The lowest BCUT2D eigenvalue weighted by Gasteiger charge is -2.13. The van der Waals surface area contributed by atoms with Crippen molar-refractivity contribution in [1.82, 2.24) is 10.3 Å². The first-order chi connectivity index (χ1) is 14.6. The van der Waals surface area contributed by atoms with Crippen LogP contribution in [0, 0.1) is 0 Å². The van der Waals surface area contributed by atoms with Gasteiger partial charge >= 0.3 is 0 Å². The van der Waals surface area contributed by atoms with Gasteiger partial charge in [0.15, 0.2) is 0 Å². The van der Waals surface area contributed by atoms with Gasteiger partial charge in [-0.2, -0.15) is 0 Å². The third-order valence-corrected chi connectivity index (χ3v) is 4.55. The van der Waals surface area contributed by atoms with Gasteiger partial charge in [-0.05, 0) is 42.5 Å². The number of aromatic nitrogens is 1. The zero-order valence-electron chi connectivity index (χ0n) is 16.6. The number of benzene rings is 2. The van der Waals surface area contributed by atoms with Crippen LogP contribution in [0.2, 0.25) is 0 Å². The quantitative estimate of drug-likeness (QED) is 0.417. The van der Waals surface area contributed by atoms with Crippen LogP contribution in [0.1, 0.15) is 16.1 Å². The number of carbonyl (C=O) groups excluding carboxylic acids is 1. The summed E-state index contributed by atoms with van der Waals surface area (Å²) in [6.07, 6.45) is 1.70. The zero-order valence-corrected chi connectivity index (χ0v) is 18.1. The average molecular weight is 469 g/mol. The third-order valence-electron chi connectivity index (χ3n) is 4.06. The van der Waals surface area contributed by atoms with E-state index in [1.54, 1.807) is 24.4 Å². The maximum Gasteiger partial charge on any atom is 0.258 e. The molecular weight excluding hydrogens is 448 g/mol. The molecule has 1 aromatic heterocycles. The number of pyridine rings is 1. The summed E-state index contributed by atoms with van der Waals surface area (Å²) in [5.74, 6) is 0.984. The molecule has 3 aromatic rings. The summed E-state index contributed by atoms with van der Waals surface area (Å²) in [6.45, 7) is 0.304. The molecule has 0 aliphatic rings. The van der Waals surface area contributed by atoms with Crippen molar-refractivity contribution in [1.29, 1.82) is 0 Å². The minimum absolute atomic E-state index is 0.297. The summed E-state index contributed by atoms with van der Waals surface area (Å²) in [6, 6.07) is 18.1. The van der Waals surface area contributed by atoms with E-state index in [4.69, 9.17) is 9.47 Å². The minimum atomic E-state index is -0.352. The van der Waals surface area contributed by atoms with E-state index < -0.39 is 0 Å². The summed E-state index contributed by atoms with van der Waals surface area (Å²) in [4.78, 5) is 21.7. The first kappa shape index (κ1) is 21.3. The number of guanidine groups is 1. The molecule has 2 N–H and O–H groups in total. The van der Waals surface area contributed by atoms with Crippen molar-refractivity contribution in [3.63, 3.8) is 0 Å². The number of nitrogens with one attached hydrogen (secondary N) is 2. The van der Waals surface area contributed by atoms with Crippen molar-refractivity contribution in [2.45, 2.75) is 6.54 Å². The predicted octanol–water partition coefficient (Wildman–Crippen LogP) is 4.26. The lowest BCUT2D eigenvalue weighted by molar-refractivity contribution is 0.0976. The highest BCUT2D eigenvalue weighted by molar-refractivity contribution is 9.10. The van der Waals surface area contributed by atoms with E-state index >= 15 is 0 Å². The van der Waals surface area contributed by atoms with Gasteiger partial charge < -0.3 is 14.8 Å². The van der Waals surface area contributed by atoms with Crippen molar-refractivity contribution >= 4 is 33.5 Å². The van der Waals surface area contributed by atoms with Gasteiger partial charge in [-0.25, -0.2) is 4.99 Å². The SMILES string of the molecule is COc1cc(OC)cc(C(=O)NC(=NCc2ccccn2)Nc2cccc(Br)c2)c1. The second-order valence-corrected chi connectivity index (χ2v) is 7.09. The number of halogens is 1. The average Bonchev–Trinajstić information content (AvgIpc) is 2.77. The van der Waals surface area contributed by atoms with Crippen LogP contribution in [0.15, 0.2) is 76.3 Å². The predicted molar refractivity (Wildman–Crippen MR) is 120 cm³/mol. The number of ether oxygens (including phenoxy) is 2. The molecule has 0 bridgehead atoms. The second-order valence-electron chi connectivity index (χ2n) is 6.18. The van der Waals surface area contributed by atoms with Crippen molar-refractivity contribution in [3.8, 4) is 11.5 Å². The van der Waals surface area contributed by atoms with Crippen molar-refractivity contribution in [3.05, 3.63) is 82.6 Å². The van der Waals surface area contributed by atoms with Crippen LogP contribution in [0.3, 0.4) is 0 Å².